The van der Waals surface area contributed by atoms with Crippen LogP contribution in [0.1, 0.15) is 18.7 Å². The number of nitriles is 1. The minimum atomic E-state index is -0.192. The van der Waals surface area contributed by atoms with Crippen LogP contribution >= 0.6 is 0 Å². The number of imidazole rings is 1. The van der Waals surface area contributed by atoms with Gasteiger partial charge < -0.3 is 4.98 Å². The van der Waals surface area contributed by atoms with Crippen molar-refractivity contribution < 1.29 is 0 Å². The van der Waals surface area contributed by atoms with E-state index in [1.165, 1.54) is 0 Å². The molecule has 1 unspecified atom stereocenters. The van der Waals surface area contributed by atoms with Crippen LogP contribution in [-0.2, 0) is 0 Å². The van der Waals surface area contributed by atoms with Crippen molar-refractivity contribution in [3.63, 3.8) is 0 Å². The van der Waals surface area contributed by atoms with Gasteiger partial charge in [0.15, 0.2) is 0 Å². The molecule has 1 atom stereocenters. The largest absolute Gasteiger partial charge is 0.341 e. The molecule has 0 saturated heterocycles. The molecular formula is C12H11N3. The van der Waals surface area contributed by atoms with Gasteiger partial charge in [0.05, 0.1) is 18.0 Å². The Hall–Kier alpha value is -2.08. The number of aromatic nitrogens is 2. The molecule has 0 fully saturated rings. The molecule has 0 radical (unpaired) electrons. The van der Waals surface area contributed by atoms with Gasteiger partial charge in [0.2, 0.25) is 0 Å². The summed E-state index contributed by atoms with van der Waals surface area (Å²) in [5, 5.41) is 8.76. The fraction of sp³-hybridized carbons (Fsp3) is 0.167. The molecular weight excluding hydrogens is 186 g/mol. The normalized spacial score (nSPS) is 12.0. The minimum Gasteiger partial charge on any atom is -0.341 e. The first kappa shape index (κ1) is 9.47. The SMILES string of the molecule is CC(C#N)c1ncc(-c2ccccc2)[nH]1. The van der Waals surface area contributed by atoms with Gasteiger partial charge in [-0.15, -0.1) is 0 Å². The molecule has 3 nitrogen and oxygen atoms in total. The summed E-state index contributed by atoms with van der Waals surface area (Å²) in [6.45, 7) is 1.83. The number of hydrogen-bond donors (Lipinski definition) is 1. The van der Waals surface area contributed by atoms with Crippen molar-refractivity contribution in [1.82, 2.24) is 9.97 Å². The number of rotatable bonds is 2. The van der Waals surface area contributed by atoms with Crippen molar-refractivity contribution in [1.29, 1.82) is 5.26 Å². The second kappa shape index (κ2) is 3.97. The van der Waals surface area contributed by atoms with Crippen LogP contribution in [0.4, 0.5) is 0 Å². The molecule has 0 spiro atoms. The highest BCUT2D eigenvalue weighted by molar-refractivity contribution is 5.58. The second-order valence-corrected chi connectivity index (χ2v) is 3.40. The van der Waals surface area contributed by atoms with Gasteiger partial charge in [-0.05, 0) is 12.5 Å². The quantitative estimate of drug-likeness (QED) is 0.804. The summed E-state index contributed by atoms with van der Waals surface area (Å²) in [5.41, 5.74) is 2.04. The first-order valence-electron chi connectivity index (χ1n) is 4.81. The van der Waals surface area contributed by atoms with Crippen molar-refractivity contribution in [2.24, 2.45) is 0 Å². The lowest BCUT2D eigenvalue weighted by atomic mass is 10.2. The van der Waals surface area contributed by atoms with E-state index in [1.807, 2.05) is 37.3 Å². The molecule has 0 aliphatic rings. The minimum absolute atomic E-state index is 0.192. The van der Waals surface area contributed by atoms with Gasteiger partial charge in [-0.1, -0.05) is 30.3 Å². The topological polar surface area (TPSA) is 52.5 Å². The summed E-state index contributed by atoms with van der Waals surface area (Å²) in [6.07, 6.45) is 1.76. The van der Waals surface area contributed by atoms with E-state index < -0.39 is 0 Å². The van der Waals surface area contributed by atoms with E-state index in [2.05, 4.69) is 16.0 Å². The van der Waals surface area contributed by atoms with E-state index >= 15 is 0 Å². The molecule has 74 valence electrons. The Morgan fingerprint density at radius 3 is 2.73 bits per heavy atom. The zero-order valence-corrected chi connectivity index (χ0v) is 8.44. The van der Waals surface area contributed by atoms with Gasteiger partial charge in [-0.25, -0.2) is 4.98 Å². The van der Waals surface area contributed by atoms with E-state index in [0.717, 1.165) is 17.1 Å². The number of H-pyrrole nitrogens is 1. The van der Waals surface area contributed by atoms with Crippen molar-refractivity contribution in [3.8, 4) is 17.3 Å². The van der Waals surface area contributed by atoms with Gasteiger partial charge in [-0.3, -0.25) is 0 Å². The standard InChI is InChI=1S/C12H11N3/c1-9(7-13)12-14-8-11(15-12)10-5-3-2-4-6-10/h2-6,8-9H,1H3,(H,14,15). The van der Waals surface area contributed by atoms with Crippen molar-refractivity contribution in [2.45, 2.75) is 12.8 Å². The third-order valence-electron chi connectivity index (χ3n) is 2.28. The van der Waals surface area contributed by atoms with Gasteiger partial charge in [-0.2, -0.15) is 5.26 Å². The summed E-state index contributed by atoms with van der Waals surface area (Å²) < 4.78 is 0. The Labute approximate surface area is 88.4 Å². The van der Waals surface area contributed by atoms with Gasteiger partial charge in [0, 0.05) is 0 Å². The summed E-state index contributed by atoms with van der Waals surface area (Å²) in [7, 11) is 0. The Balaban J connectivity index is 2.33. The third kappa shape index (κ3) is 1.89. The first-order chi connectivity index (χ1) is 7.31. The Morgan fingerprint density at radius 2 is 2.07 bits per heavy atom. The number of hydrogen-bond acceptors (Lipinski definition) is 2. The Kier molecular flexibility index (Phi) is 2.51. The summed E-state index contributed by atoms with van der Waals surface area (Å²) in [5.74, 6) is 0.527. The number of nitrogens with one attached hydrogen (secondary N) is 1. The van der Waals surface area contributed by atoms with E-state index in [9.17, 15) is 0 Å². The molecule has 0 aliphatic heterocycles. The van der Waals surface area contributed by atoms with Crippen LogP contribution < -0.4 is 0 Å². The molecule has 3 heteroatoms. The maximum absolute atomic E-state index is 8.76. The molecule has 1 N–H and O–H groups in total. The van der Waals surface area contributed by atoms with Gasteiger partial charge >= 0.3 is 0 Å². The van der Waals surface area contributed by atoms with Crippen LogP contribution in [0.3, 0.4) is 0 Å². The van der Waals surface area contributed by atoms with Crippen LogP contribution in [0.5, 0.6) is 0 Å². The van der Waals surface area contributed by atoms with Crippen molar-refractivity contribution >= 4 is 0 Å². The lowest BCUT2D eigenvalue weighted by Crippen LogP contribution is -1.91. The van der Waals surface area contributed by atoms with Gasteiger partial charge in [0.25, 0.3) is 0 Å². The molecule has 1 heterocycles. The smallest absolute Gasteiger partial charge is 0.123 e. The predicted molar refractivity (Wildman–Crippen MR) is 58.1 cm³/mol. The lowest BCUT2D eigenvalue weighted by Gasteiger charge is -1.97. The molecule has 2 aromatic rings. The highest BCUT2D eigenvalue weighted by atomic mass is 14.9. The van der Waals surface area contributed by atoms with Crippen molar-refractivity contribution in [2.75, 3.05) is 0 Å². The fourth-order valence-electron chi connectivity index (χ4n) is 1.38. The fourth-order valence-corrected chi connectivity index (χ4v) is 1.38. The molecule has 2 rings (SSSR count). The molecule has 0 amide bonds. The third-order valence-corrected chi connectivity index (χ3v) is 2.28. The van der Waals surface area contributed by atoms with Crippen LogP contribution in [0.25, 0.3) is 11.3 Å². The lowest BCUT2D eigenvalue weighted by molar-refractivity contribution is 0.885. The summed E-state index contributed by atoms with van der Waals surface area (Å²) in [6, 6.07) is 12.1. The van der Waals surface area contributed by atoms with E-state index in [-0.39, 0.29) is 5.92 Å². The van der Waals surface area contributed by atoms with Crippen LogP contribution in [0, 0.1) is 11.3 Å². The van der Waals surface area contributed by atoms with E-state index in [0.29, 0.717) is 0 Å². The molecule has 0 bridgehead atoms. The molecule has 1 aromatic carbocycles. The van der Waals surface area contributed by atoms with Crippen LogP contribution in [-0.4, -0.2) is 9.97 Å². The Morgan fingerprint density at radius 1 is 1.33 bits per heavy atom. The molecule has 1 aromatic heterocycles. The zero-order chi connectivity index (χ0) is 10.7. The number of aromatic amines is 1. The second-order valence-electron chi connectivity index (χ2n) is 3.40. The summed E-state index contributed by atoms with van der Waals surface area (Å²) in [4.78, 5) is 7.33. The molecule has 15 heavy (non-hydrogen) atoms. The maximum Gasteiger partial charge on any atom is 0.123 e. The summed E-state index contributed by atoms with van der Waals surface area (Å²) >= 11 is 0. The maximum atomic E-state index is 8.76. The van der Waals surface area contributed by atoms with Gasteiger partial charge in [0.1, 0.15) is 11.7 Å². The Bertz CT molecular complexity index is 479. The monoisotopic (exact) mass is 197 g/mol. The average Bonchev–Trinajstić information content (AvgIpc) is 2.78. The first-order valence-corrected chi connectivity index (χ1v) is 4.81. The van der Waals surface area contributed by atoms with E-state index in [4.69, 9.17) is 5.26 Å². The van der Waals surface area contributed by atoms with Crippen LogP contribution in [0.2, 0.25) is 0 Å². The van der Waals surface area contributed by atoms with Crippen molar-refractivity contribution in [3.05, 3.63) is 42.4 Å². The predicted octanol–water partition coefficient (Wildman–Crippen LogP) is 2.70. The number of benzene rings is 1. The van der Waals surface area contributed by atoms with E-state index in [1.54, 1.807) is 6.20 Å². The average molecular weight is 197 g/mol. The number of nitrogens with zero attached hydrogens (tertiary/aromatic N) is 2. The molecule has 0 saturated carbocycles. The molecule has 0 aliphatic carbocycles. The van der Waals surface area contributed by atoms with Crippen LogP contribution in [0.15, 0.2) is 36.5 Å². The highest BCUT2D eigenvalue weighted by Gasteiger charge is 2.08. The zero-order valence-electron chi connectivity index (χ0n) is 8.44. The highest BCUT2D eigenvalue weighted by Crippen LogP contribution is 2.18.